The predicted octanol–water partition coefficient (Wildman–Crippen LogP) is 12.7. The van der Waals surface area contributed by atoms with Gasteiger partial charge in [-0.3, -0.25) is 10.6 Å². The van der Waals surface area contributed by atoms with Crippen molar-refractivity contribution in [2.75, 3.05) is 13.1 Å². The van der Waals surface area contributed by atoms with Crippen molar-refractivity contribution in [3.8, 4) is 0 Å². The number of fused-ring (bicyclic) bond motifs is 14. The average Bonchev–Trinajstić information content (AvgIpc) is 3.80. The molecule has 12 rings (SSSR count). The third-order valence-electron chi connectivity index (χ3n) is 28.0. The fourth-order valence-corrected chi connectivity index (χ4v) is 23.3. The van der Waals surface area contributed by atoms with Crippen LogP contribution in [0.1, 0.15) is 218 Å². The molecule has 12 fully saturated rings. The molecular weight excluding hydrogens is 801 g/mol. The second kappa shape index (κ2) is 14.7. The van der Waals surface area contributed by atoms with Gasteiger partial charge in [-0.25, -0.2) is 0 Å². The number of piperidine rings is 2. The Kier molecular flexibility index (Phi) is 10.6. The molecule has 0 aromatic rings. The van der Waals surface area contributed by atoms with Crippen LogP contribution in [0, 0.1) is 102 Å². The first-order valence-electron chi connectivity index (χ1n) is 28.6. The second-order valence-electron chi connectivity index (χ2n) is 29.6. The normalized spacial score (nSPS) is 64.4. The van der Waals surface area contributed by atoms with Crippen LogP contribution in [-0.2, 0) is 9.47 Å². The van der Waals surface area contributed by atoms with Crippen LogP contribution < -0.4 is 10.6 Å². The lowest BCUT2D eigenvalue weighted by Gasteiger charge is -2.73. The van der Waals surface area contributed by atoms with Crippen molar-refractivity contribution in [2.24, 2.45) is 102 Å². The van der Waals surface area contributed by atoms with Crippen LogP contribution in [0.4, 0.5) is 0 Å². The fourth-order valence-electron chi connectivity index (χ4n) is 23.3. The molecule has 4 N–H and O–H groups in total. The van der Waals surface area contributed by atoms with Crippen LogP contribution in [-0.4, -0.2) is 58.7 Å². The molecule has 2 spiro atoms. The van der Waals surface area contributed by atoms with Gasteiger partial charge in [0.15, 0.2) is 0 Å². The zero-order chi connectivity index (χ0) is 46.4. The lowest BCUT2D eigenvalue weighted by molar-refractivity contribution is -0.255. The number of hydrogen-bond donors (Lipinski definition) is 4. The molecule has 370 valence electrons. The summed E-state index contributed by atoms with van der Waals surface area (Å²) in [4.78, 5) is 0. The molecule has 4 saturated heterocycles. The summed E-state index contributed by atoms with van der Waals surface area (Å²) in [6.45, 7) is 35.7. The minimum atomic E-state index is -0.141. The minimum Gasteiger partial charge on any atom is -0.393 e. The van der Waals surface area contributed by atoms with Crippen LogP contribution >= 0.6 is 0 Å². The summed E-state index contributed by atoms with van der Waals surface area (Å²) in [5.74, 6) is 7.57. The van der Waals surface area contributed by atoms with E-state index in [1.807, 2.05) is 0 Å². The third kappa shape index (κ3) is 5.80. The number of hydrogen-bond acceptors (Lipinski definition) is 6. The molecule has 24 atom stereocenters. The summed E-state index contributed by atoms with van der Waals surface area (Å²) in [6.07, 6.45) is 25.2. The largest absolute Gasteiger partial charge is 0.393 e. The van der Waals surface area contributed by atoms with E-state index in [9.17, 15) is 10.2 Å². The van der Waals surface area contributed by atoms with E-state index >= 15 is 0 Å². The number of aliphatic hydroxyl groups is 2. The second-order valence-corrected chi connectivity index (χ2v) is 29.6. The molecule has 4 aliphatic heterocycles. The van der Waals surface area contributed by atoms with Gasteiger partial charge in [-0.1, -0.05) is 83.1 Å². The quantitative estimate of drug-likeness (QED) is 0.194. The van der Waals surface area contributed by atoms with Crippen molar-refractivity contribution in [2.45, 2.75) is 254 Å². The molecule has 0 aromatic carbocycles. The van der Waals surface area contributed by atoms with E-state index in [1.165, 1.54) is 96.3 Å². The van der Waals surface area contributed by atoms with E-state index in [-0.39, 0.29) is 50.9 Å². The highest BCUT2D eigenvalue weighted by atomic mass is 16.5. The molecule has 8 aliphatic carbocycles. The molecule has 0 amide bonds. The van der Waals surface area contributed by atoms with E-state index in [4.69, 9.17) is 9.47 Å². The minimum absolute atomic E-state index is 0.0319. The summed E-state index contributed by atoms with van der Waals surface area (Å²) < 4.78 is 14.4. The van der Waals surface area contributed by atoms with Gasteiger partial charge >= 0.3 is 0 Å². The van der Waals surface area contributed by atoms with Crippen molar-refractivity contribution in [3.05, 3.63) is 0 Å². The molecule has 0 unspecified atom stereocenters. The van der Waals surface area contributed by atoms with Crippen LogP contribution in [0.5, 0.6) is 0 Å². The van der Waals surface area contributed by atoms with E-state index in [1.54, 1.807) is 0 Å². The highest BCUT2D eigenvalue weighted by Crippen LogP contribution is 2.86. The van der Waals surface area contributed by atoms with Gasteiger partial charge < -0.3 is 19.7 Å². The zero-order valence-corrected chi connectivity index (χ0v) is 44.3. The molecule has 0 aromatic heterocycles. The maximum absolute atomic E-state index is 10.7. The van der Waals surface area contributed by atoms with Crippen LogP contribution in [0.3, 0.4) is 0 Å². The highest BCUT2D eigenvalue weighted by molar-refractivity contribution is 5.31. The third-order valence-corrected chi connectivity index (χ3v) is 28.0. The van der Waals surface area contributed by atoms with E-state index in [2.05, 4.69) is 101 Å². The summed E-state index contributed by atoms with van der Waals surface area (Å²) in [5, 5.41) is 28.8. The summed E-state index contributed by atoms with van der Waals surface area (Å²) >= 11 is 0. The average molecular weight is 901 g/mol. The Morgan fingerprint density at radius 3 is 1.89 bits per heavy atom. The van der Waals surface area contributed by atoms with Crippen molar-refractivity contribution < 1.29 is 19.7 Å². The van der Waals surface area contributed by atoms with Gasteiger partial charge in [0.1, 0.15) is 11.4 Å². The van der Waals surface area contributed by atoms with Gasteiger partial charge in [-0.15, -0.1) is 0 Å². The van der Waals surface area contributed by atoms with Gasteiger partial charge in [-0.05, 0) is 221 Å². The molecule has 6 nitrogen and oxygen atoms in total. The first-order valence-corrected chi connectivity index (χ1v) is 28.6. The Balaban J connectivity index is 0.000000146. The standard InChI is InChI=1S/C32H55NO2.C27H45NO2/c1-21-10-15-32(33-19-21)22(2)31(9)29(7)17-16-26(4)24(27(29,5)20-30(31,8)35-32)12-13-25(3)18-23(34)11-14-28(25,26)6;1-16-7-12-27(28-15-16)17(2)24-23(30-27)14-22-20-6-5-18-13-19(29)8-10-25(18,3)21(20)9-11-26(22,24)4/h21-24,33-34H,10-20H2,1-9H3;16-24,28-29H,5-15H2,1-4H3/t21-,22-,23-,24+,25-,26-,27-,28-,29-,30-,31+,32-;16-,17-,18-,19-,20+,21-,22-,23-,24-,25-,26-,27-/m00/s1. The lowest BCUT2D eigenvalue weighted by atomic mass is 9.31. The Labute approximate surface area is 398 Å². The maximum atomic E-state index is 10.7. The van der Waals surface area contributed by atoms with Crippen molar-refractivity contribution in [1.29, 1.82) is 0 Å². The van der Waals surface area contributed by atoms with Gasteiger partial charge in [0.05, 0.1) is 23.9 Å². The molecule has 8 saturated carbocycles. The molecule has 0 radical (unpaired) electrons. The van der Waals surface area contributed by atoms with Crippen LogP contribution in [0.15, 0.2) is 0 Å². The maximum Gasteiger partial charge on any atom is 0.123 e. The summed E-state index contributed by atoms with van der Waals surface area (Å²) in [6, 6.07) is 0. The van der Waals surface area contributed by atoms with Gasteiger partial charge in [-0.2, -0.15) is 0 Å². The van der Waals surface area contributed by atoms with Crippen LogP contribution in [0.2, 0.25) is 0 Å². The lowest BCUT2D eigenvalue weighted by Crippen LogP contribution is -2.67. The molecule has 65 heavy (non-hydrogen) atoms. The van der Waals surface area contributed by atoms with Gasteiger partial charge in [0, 0.05) is 30.3 Å². The van der Waals surface area contributed by atoms with Crippen LogP contribution in [0.25, 0.3) is 0 Å². The first-order chi connectivity index (χ1) is 30.3. The van der Waals surface area contributed by atoms with E-state index in [0.717, 1.165) is 92.5 Å². The Bertz CT molecular complexity index is 1860. The Hall–Kier alpha value is -0.240. The van der Waals surface area contributed by atoms with E-state index < -0.39 is 0 Å². The number of rotatable bonds is 0. The van der Waals surface area contributed by atoms with Crippen molar-refractivity contribution >= 4 is 0 Å². The Morgan fingerprint density at radius 2 is 1.22 bits per heavy atom. The van der Waals surface area contributed by atoms with E-state index in [0.29, 0.717) is 39.6 Å². The zero-order valence-electron chi connectivity index (χ0n) is 44.3. The van der Waals surface area contributed by atoms with Gasteiger partial charge in [0.25, 0.3) is 0 Å². The number of ether oxygens (including phenoxy) is 2. The first kappa shape index (κ1) is 47.1. The topological polar surface area (TPSA) is 83.0 Å². The molecule has 12 aliphatic rings. The number of nitrogens with one attached hydrogen (secondary N) is 2. The monoisotopic (exact) mass is 901 g/mol. The van der Waals surface area contributed by atoms with Gasteiger partial charge in [0.2, 0.25) is 0 Å². The van der Waals surface area contributed by atoms with Crippen molar-refractivity contribution in [1.82, 2.24) is 10.6 Å². The Morgan fingerprint density at radius 1 is 0.554 bits per heavy atom. The summed E-state index contributed by atoms with van der Waals surface area (Å²) in [7, 11) is 0. The molecular formula is C59H100N2O4. The SMILES string of the molecule is C[C@H]1CC[C@]2(NC1)O[C@@]1(C)C[C@@]3(C)[C@@H]4CC[C@@]5(C)C[C@@H](O)CC[C@]5(C)[C@@]4(C)CC[C@]3(C)[C@@]1(C)[C@@H]2C.C[C@H]1CC[C@]2(NC1)O[C@H]1C[C@H]3[C@@H]4CC[C@H]5C[C@@H](O)CC[C@]5(C)[C@H]4CC[C@]3(C)[C@H]1[C@@H]2C. The van der Waals surface area contributed by atoms with Crippen molar-refractivity contribution in [3.63, 3.8) is 0 Å². The fraction of sp³-hybridized carbons (Fsp3) is 1.00. The number of aliphatic hydroxyl groups excluding tert-OH is 2. The smallest absolute Gasteiger partial charge is 0.123 e. The molecule has 4 heterocycles. The summed E-state index contributed by atoms with van der Waals surface area (Å²) in [5.41, 5.74) is 2.30. The molecule has 0 bridgehead atoms. The predicted molar refractivity (Wildman–Crippen MR) is 263 cm³/mol. The molecule has 6 heteroatoms. The highest BCUT2D eigenvalue weighted by Gasteiger charge is 2.83.